The van der Waals surface area contributed by atoms with Gasteiger partial charge in [-0.25, -0.2) is 14.3 Å². The van der Waals surface area contributed by atoms with Crippen molar-refractivity contribution in [2.45, 2.75) is 6.92 Å². The number of rotatable bonds is 10. The number of halogens is 1. The molecule has 0 unspecified atom stereocenters. The Kier molecular flexibility index (Phi) is 9.03. The van der Waals surface area contributed by atoms with Gasteiger partial charge in [0, 0.05) is 11.3 Å². The summed E-state index contributed by atoms with van der Waals surface area (Å²) in [6.07, 6.45) is 0. The number of aromatic nitrogens is 2. The first-order valence-electron chi connectivity index (χ1n) is 12.2. The number of anilines is 1. The molecule has 0 radical (unpaired) electrons. The Bertz CT molecular complexity index is 1520. The summed E-state index contributed by atoms with van der Waals surface area (Å²) in [5.74, 6) is -1.65. The average Bonchev–Trinajstić information content (AvgIpc) is 3.38. The molecule has 0 fully saturated rings. The van der Waals surface area contributed by atoms with Crippen LogP contribution in [0.1, 0.15) is 27.8 Å². The van der Waals surface area contributed by atoms with E-state index in [2.05, 4.69) is 10.4 Å². The minimum absolute atomic E-state index is 0.0955. The van der Waals surface area contributed by atoms with Gasteiger partial charge in [0.1, 0.15) is 11.3 Å². The molecule has 0 aliphatic heterocycles. The number of ether oxygens (including phenoxy) is 4. The zero-order chi connectivity index (χ0) is 28.6. The van der Waals surface area contributed by atoms with Gasteiger partial charge < -0.3 is 24.3 Å². The average molecular weight is 564 g/mol. The fourth-order valence-electron chi connectivity index (χ4n) is 3.92. The summed E-state index contributed by atoms with van der Waals surface area (Å²) in [5, 5.41) is 7.40. The number of methoxy groups -OCH3 is 2. The van der Waals surface area contributed by atoms with Crippen molar-refractivity contribution in [1.82, 2.24) is 9.78 Å². The van der Waals surface area contributed by atoms with Crippen LogP contribution in [-0.2, 0) is 14.3 Å². The number of esters is 2. The largest absolute Gasteiger partial charge is 0.490 e. The lowest BCUT2D eigenvalue weighted by atomic mass is 10.0. The molecule has 11 heteroatoms. The summed E-state index contributed by atoms with van der Waals surface area (Å²) in [5.41, 5.74) is 1.34. The molecule has 0 aliphatic carbocycles. The number of nitrogens with one attached hydrogen (secondary N) is 1. The van der Waals surface area contributed by atoms with E-state index in [4.69, 9.17) is 30.5 Å². The van der Waals surface area contributed by atoms with E-state index in [1.807, 2.05) is 6.07 Å². The maximum Gasteiger partial charge on any atom is 0.357 e. The SMILES string of the molecule is CCOc1cc(-c2nn(-c3ccccc3)c(C(=O)OC)c2C(=O)OC)cc(Cl)c1OCC(=O)Nc1ccccc1. The zero-order valence-electron chi connectivity index (χ0n) is 22.0. The fourth-order valence-corrected chi connectivity index (χ4v) is 4.19. The fraction of sp³-hybridized carbons (Fsp3) is 0.172. The second kappa shape index (κ2) is 12.8. The highest BCUT2D eigenvalue weighted by Crippen LogP contribution is 2.41. The molecule has 0 atom stereocenters. The summed E-state index contributed by atoms with van der Waals surface area (Å²) in [7, 11) is 2.40. The molecule has 206 valence electrons. The molecule has 1 N–H and O–H groups in total. The number of para-hydroxylation sites is 2. The highest BCUT2D eigenvalue weighted by Gasteiger charge is 2.32. The molecule has 10 nitrogen and oxygen atoms in total. The lowest BCUT2D eigenvalue weighted by Crippen LogP contribution is -2.20. The Balaban J connectivity index is 1.77. The van der Waals surface area contributed by atoms with Gasteiger partial charge in [-0.15, -0.1) is 0 Å². The Morgan fingerprint density at radius 2 is 1.55 bits per heavy atom. The van der Waals surface area contributed by atoms with E-state index in [9.17, 15) is 14.4 Å². The predicted molar refractivity (Wildman–Crippen MR) is 148 cm³/mol. The molecule has 3 aromatic carbocycles. The van der Waals surface area contributed by atoms with Crippen LogP contribution >= 0.6 is 11.6 Å². The number of amides is 1. The smallest absolute Gasteiger partial charge is 0.357 e. The Hall–Kier alpha value is -4.83. The van der Waals surface area contributed by atoms with E-state index >= 15 is 0 Å². The lowest BCUT2D eigenvalue weighted by Gasteiger charge is -2.15. The molecule has 0 bridgehead atoms. The molecular weight excluding hydrogens is 538 g/mol. The summed E-state index contributed by atoms with van der Waals surface area (Å²) in [6, 6.07) is 20.8. The number of nitrogens with zero attached hydrogens (tertiary/aromatic N) is 2. The first kappa shape index (κ1) is 28.2. The van der Waals surface area contributed by atoms with Gasteiger partial charge in [0.25, 0.3) is 5.91 Å². The van der Waals surface area contributed by atoms with E-state index < -0.39 is 17.8 Å². The number of hydrogen-bond acceptors (Lipinski definition) is 8. The number of carbonyl (C=O) groups excluding carboxylic acids is 3. The number of hydrogen-bond donors (Lipinski definition) is 1. The minimum Gasteiger partial charge on any atom is -0.490 e. The zero-order valence-corrected chi connectivity index (χ0v) is 22.7. The normalized spacial score (nSPS) is 10.5. The van der Waals surface area contributed by atoms with E-state index in [0.717, 1.165) is 0 Å². The quantitative estimate of drug-likeness (QED) is 0.262. The van der Waals surface area contributed by atoms with Crippen molar-refractivity contribution in [3.05, 3.63) is 89.1 Å². The van der Waals surface area contributed by atoms with Crippen LogP contribution < -0.4 is 14.8 Å². The third-order valence-electron chi connectivity index (χ3n) is 5.64. The van der Waals surface area contributed by atoms with Crippen molar-refractivity contribution in [2.75, 3.05) is 32.8 Å². The molecule has 4 aromatic rings. The number of benzene rings is 3. The van der Waals surface area contributed by atoms with Crippen molar-refractivity contribution in [3.63, 3.8) is 0 Å². The van der Waals surface area contributed by atoms with Crippen LogP contribution in [0.5, 0.6) is 11.5 Å². The van der Waals surface area contributed by atoms with Gasteiger partial charge >= 0.3 is 11.9 Å². The van der Waals surface area contributed by atoms with E-state index in [1.54, 1.807) is 67.6 Å². The molecule has 0 aliphatic rings. The molecule has 1 amide bonds. The van der Waals surface area contributed by atoms with Gasteiger partial charge in [-0.05, 0) is 43.3 Å². The van der Waals surface area contributed by atoms with Gasteiger partial charge in [-0.2, -0.15) is 5.10 Å². The van der Waals surface area contributed by atoms with Crippen molar-refractivity contribution in [3.8, 4) is 28.4 Å². The van der Waals surface area contributed by atoms with E-state index in [1.165, 1.54) is 25.0 Å². The third kappa shape index (κ3) is 6.08. The Morgan fingerprint density at radius 1 is 0.900 bits per heavy atom. The lowest BCUT2D eigenvalue weighted by molar-refractivity contribution is -0.118. The molecule has 40 heavy (non-hydrogen) atoms. The molecule has 1 aromatic heterocycles. The van der Waals surface area contributed by atoms with Gasteiger partial charge in [-0.1, -0.05) is 48.0 Å². The topological polar surface area (TPSA) is 118 Å². The number of carbonyl (C=O) groups is 3. The molecule has 0 spiro atoms. The Labute approximate surface area is 235 Å². The second-order valence-corrected chi connectivity index (χ2v) is 8.63. The van der Waals surface area contributed by atoms with Crippen molar-refractivity contribution in [1.29, 1.82) is 0 Å². The summed E-state index contributed by atoms with van der Waals surface area (Å²) >= 11 is 6.60. The van der Waals surface area contributed by atoms with Crippen LogP contribution in [0.3, 0.4) is 0 Å². The first-order valence-corrected chi connectivity index (χ1v) is 12.5. The van der Waals surface area contributed by atoms with Crippen LogP contribution in [0.25, 0.3) is 16.9 Å². The maximum absolute atomic E-state index is 13.0. The molecular formula is C29H26ClN3O7. The van der Waals surface area contributed by atoms with E-state index in [-0.39, 0.29) is 46.7 Å². The monoisotopic (exact) mass is 563 g/mol. The van der Waals surface area contributed by atoms with Crippen molar-refractivity contribution < 1.29 is 33.3 Å². The van der Waals surface area contributed by atoms with Crippen LogP contribution in [0.4, 0.5) is 5.69 Å². The maximum atomic E-state index is 13.0. The minimum atomic E-state index is -0.801. The van der Waals surface area contributed by atoms with Crippen LogP contribution in [0, 0.1) is 0 Å². The van der Waals surface area contributed by atoms with Crippen molar-refractivity contribution >= 4 is 35.1 Å². The summed E-state index contributed by atoms with van der Waals surface area (Å²) in [4.78, 5) is 38.3. The van der Waals surface area contributed by atoms with Gasteiger partial charge in [0.15, 0.2) is 23.8 Å². The van der Waals surface area contributed by atoms with Crippen LogP contribution in [-0.4, -0.2) is 55.1 Å². The standard InChI is InChI=1S/C29H26ClN3O7/c1-4-39-22-16-18(15-21(30)27(22)40-17-23(34)31-19-11-7-5-8-12-19)25-24(28(35)37-2)26(29(36)38-3)33(32-25)20-13-9-6-10-14-20/h5-16H,4,17H2,1-3H3,(H,31,34). The Morgan fingerprint density at radius 3 is 2.17 bits per heavy atom. The van der Waals surface area contributed by atoms with Crippen LogP contribution in [0.15, 0.2) is 72.8 Å². The third-order valence-corrected chi connectivity index (χ3v) is 5.92. The molecule has 0 saturated heterocycles. The second-order valence-electron chi connectivity index (χ2n) is 8.22. The molecule has 1 heterocycles. The van der Waals surface area contributed by atoms with Gasteiger partial charge in [0.05, 0.1) is 31.5 Å². The summed E-state index contributed by atoms with van der Waals surface area (Å²) in [6.45, 7) is 1.69. The first-order chi connectivity index (χ1) is 19.4. The summed E-state index contributed by atoms with van der Waals surface area (Å²) < 4.78 is 22.8. The van der Waals surface area contributed by atoms with Gasteiger partial charge in [0.2, 0.25) is 0 Å². The van der Waals surface area contributed by atoms with E-state index in [0.29, 0.717) is 16.9 Å². The predicted octanol–water partition coefficient (Wildman–Crippen LogP) is 5.18. The van der Waals surface area contributed by atoms with Crippen LogP contribution in [0.2, 0.25) is 5.02 Å². The molecule has 0 saturated carbocycles. The van der Waals surface area contributed by atoms with Crippen molar-refractivity contribution in [2.24, 2.45) is 0 Å². The van der Waals surface area contributed by atoms with Gasteiger partial charge in [-0.3, -0.25) is 4.79 Å². The molecule has 4 rings (SSSR count). The highest BCUT2D eigenvalue weighted by molar-refractivity contribution is 6.32. The highest BCUT2D eigenvalue weighted by atomic mass is 35.5.